The molecule has 3 N–H and O–H groups in total. The van der Waals surface area contributed by atoms with Crippen molar-refractivity contribution >= 4 is 11.8 Å². The second kappa shape index (κ2) is 9.58. The Bertz CT molecular complexity index is 903. The van der Waals surface area contributed by atoms with Crippen LogP contribution in [0, 0.1) is 6.92 Å². The normalized spacial score (nSPS) is 26.0. The number of aryl methyl sites for hydroxylation is 1. The van der Waals surface area contributed by atoms with Crippen LogP contribution in [0.25, 0.3) is 0 Å². The fourth-order valence-corrected chi connectivity index (χ4v) is 4.40. The molecule has 1 heterocycles. The van der Waals surface area contributed by atoms with Crippen LogP contribution in [0.5, 0.6) is 0 Å². The lowest BCUT2D eigenvalue weighted by molar-refractivity contribution is -0.119. The molecule has 7 nitrogen and oxygen atoms in total. The summed E-state index contributed by atoms with van der Waals surface area (Å²) in [5, 5.41) is 24.5. The molecule has 0 bridgehead atoms. The third-order valence-electron chi connectivity index (χ3n) is 6.34. The summed E-state index contributed by atoms with van der Waals surface area (Å²) in [7, 11) is 1.64. The third kappa shape index (κ3) is 5.11. The van der Waals surface area contributed by atoms with Crippen LogP contribution in [0.2, 0.25) is 0 Å². The van der Waals surface area contributed by atoms with Gasteiger partial charge in [0.15, 0.2) is 0 Å². The second-order valence-corrected chi connectivity index (χ2v) is 8.53. The Balaban J connectivity index is 1.98. The molecule has 1 aromatic carbocycles. The van der Waals surface area contributed by atoms with Gasteiger partial charge in [0.05, 0.1) is 17.7 Å². The van der Waals surface area contributed by atoms with Crippen LogP contribution in [-0.4, -0.2) is 63.8 Å². The SMILES string of the molecule is CC(=O)NC[C@@]1(c2ccccc2)CC[C@H](O)[C@H](O)[C@@H](N(C)C(=O)c2ccc(C)nc2)C1. The van der Waals surface area contributed by atoms with Crippen molar-refractivity contribution in [1.82, 2.24) is 15.2 Å². The number of amides is 2. The summed E-state index contributed by atoms with van der Waals surface area (Å²) >= 11 is 0. The van der Waals surface area contributed by atoms with E-state index in [1.807, 2.05) is 37.3 Å². The van der Waals surface area contributed by atoms with Gasteiger partial charge in [0, 0.05) is 37.8 Å². The standard InChI is InChI=1S/C24H31N3O4/c1-16-9-10-18(14-25-16)23(31)27(3)20-13-24(15-26-17(2)28,12-11-21(29)22(20)30)19-7-5-4-6-8-19/h4-10,14,20-22,29-30H,11-13,15H2,1-3H3,(H,26,28)/t20-,21-,22+,24+/m0/s1. The zero-order chi connectivity index (χ0) is 22.6. The molecule has 0 unspecified atom stereocenters. The van der Waals surface area contributed by atoms with E-state index in [9.17, 15) is 19.8 Å². The number of pyridine rings is 1. The smallest absolute Gasteiger partial charge is 0.255 e. The summed E-state index contributed by atoms with van der Waals surface area (Å²) in [6.45, 7) is 3.67. The second-order valence-electron chi connectivity index (χ2n) is 8.53. The predicted molar refractivity (Wildman–Crippen MR) is 118 cm³/mol. The van der Waals surface area contributed by atoms with Gasteiger partial charge < -0.3 is 20.4 Å². The molecule has 1 saturated carbocycles. The van der Waals surface area contributed by atoms with E-state index >= 15 is 0 Å². The number of aliphatic hydroxyl groups is 2. The maximum absolute atomic E-state index is 13.2. The van der Waals surface area contributed by atoms with Crippen molar-refractivity contribution in [3.05, 3.63) is 65.5 Å². The molecule has 31 heavy (non-hydrogen) atoms. The number of carbonyl (C=O) groups is 2. The Kier molecular flexibility index (Phi) is 7.08. The lowest BCUT2D eigenvalue weighted by Crippen LogP contribution is -2.51. The van der Waals surface area contributed by atoms with Gasteiger partial charge in [0.25, 0.3) is 5.91 Å². The van der Waals surface area contributed by atoms with Gasteiger partial charge in [-0.2, -0.15) is 0 Å². The highest BCUT2D eigenvalue weighted by atomic mass is 16.3. The Morgan fingerprint density at radius 3 is 2.52 bits per heavy atom. The van der Waals surface area contributed by atoms with Gasteiger partial charge in [-0.05, 0) is 43.9 Å². The zero-order valence-corrected chi connectivity index (χ0v) is 18.3. The van der Waals surface area contributed by atoms with E-state index < -0.39 is 23.7 Å². The van der Waals surface area contributed by atoms with Crippen LogP contribution in [0.3, 0.4) is 0 Å². The zero-order valence-electron chi connectivity index (χ0n) is 18.3. The lowest BCUT2D eigenvalue weighted by atomic mass is 9.73. The lowest BCUT2D eigenvalue weighted by Gasteiger charge is -2.39. The van der Waals surface area contributed by atoms with Crippen molar-refractivity contribution < 1.29 is 19.8 Å². The number of aliphatic hydroxyl groups excluding tert-OH is 2. The minimum absolute atomic E-state index is 0.146. The summed E-state index contributed by atoms with van der Waals surface area (Å²) in [6.07, 6.45) is 0.780. The molecule has 0 saturated heterocycles. The van der Waals surface area contributed by atoms with E-state index in [0.29, 0.717) is 31.4 Å². The van der Waals surface area contributed by atoms with Gasteiger partial charge in [-0.1, -0.05) is 30.3 Å². The minimum atomic E-state index is -1.10. The van der Waals surface area contributed by atoms with Crippen LogP contribution >= 0.6 is 0 Å². The molecule has 2 aromatic rings. The molecule has 166 valence electrons. The number of benzene rings is 1. The van der Waals surface area contributed by atoms with Crippen LogP contribution in [-0.2, 0) is 10.2 Å². The number of aromatic nitrogens is 1. The van der Waals surface area contributed by atoms with Crippen LogP contribution in [0.4, 0.5) is 0 Å². The first-order valence-corrected chi connectivity index (χ1v) is 10.6. The summed E-state index contributed by atoms with van der Waals surface area (Å²) in [4.78, 5) is 30.6. The van der Waals surface area contributed by atoms with Crippen molar-refractivity contribution in [2.75, 3.05) is 13.6 Å². The van der Waals surface area contributed by atoms with Crippen molar-refractivity contribution in [2.45, 2.75) is 56.8 Å². The molecule has 0 radical (unpaired) electrons. The fourth-order valence-electron chi connectivity index (χ4n) is 4.40. The number of hydrogen-bond acceptors (Lipinski definition) is 5. The quantitative estimate of drug-likeness (QED) is 0.634. The summed E-state index contributed by atoms with van der Waals surface area (Å²) < 4.78 is 0. The molecule has 7 heteroatoms. The van der Waals surface area contributed by atoms with Crippen molar-refractivity contribution in [2.24, 2.45) is 0 Å². The number of rotatable bonds is 5. The van der Waals surface area contributed by atoms with E-state index in [0.717, 1.165) is 11.3 Å². The molecule has 1 aromatic heterocycles. The van der Waals surface area contributed by atoms with Crippen LogP contribution < -0.4 is 5.32 Å². The molecule has 4 atom stereocenters. The van der Waals surface area contributed by atoms with E-state index in [1.54, 1.807) is 19.2 Å². The number of nitrogens with one attached hydrogen (secondary N) is 1. The first-order chi connectivity index (χ1) is 14.7. The molecular weight excluding hydrogens is 394 g/mol. The largest absolute Gasteiger partial charge is 0.390 e. The topological polar surface area (TPSA) is 103 Å². The predicted octanol–water partition coefficient (Wildman–Crippen LogP) is 1.81. The van der Waals surface area contributed by atoms with E-state index in [4.69, 9.17) is 0 Å². The summed E-state index contributed by atoms with van der Waals surface area (Å²) in [5.74, 6) is -0.417. The van der Waals surface area contributed by atoms with E-state index in [1.165, 1.54) is 18.0 Å². The summed E-state index contributed by atoms with van der Waals surface area (Å²) in [5.41, 5.74) is 1.71. The first-order valence-electron chi connectivity index (χ1n) is 10.6. The molecular formula is C24H31N3O4. The number of nitrogens with zero attached hydrogens (tertiary/aromatic N) is 2. The van der Waals surface area contributed by atoms with Gasteiger partial charge in [0.2, 0.25) is 5.91 Å². The number of hydrogen-bond donors (Lipinski definition) is 3. The third-order valence-corrected chi connectivity index (χ3v) is 6.34. The number of likely N-dealkylation sites (N-methyl/N-ethyl adjacent to an activating group) is 1. The Hall–Kier alpha value is -2.77. The first kappa shape index (κ1) is 22.9. The highest BCUT2D eigenvalue weighted by Crippen LogP contribution is 2.40. The van der Waals surface area contributed by atoms with Crippen LogP contribution in [0.1, 0.15) is 47.8 Å². The monoisotopic (exact) mass is 425 g/mol. The maximum atomic E-state index is 13.2. The van der Waals surface area contributed by atoms with Gasteiger partial charge >= 0.3 is 0 Å². The highest BCUT2D eigenvalue weighted by molar-refractivity contribution is 5.94. The van der Waals surface area contributed by atoms with Crippen molar-refractivity contribution in [3.8, 4) is 0 Å². The average molecular weight is 426 g/mol. The van der Waals surface area contributed by atoms with E-state index in [-0.39, 0.29) is 11.8 Å². The van der Waals surface area contributed by atoms with Gasteiger partial charge in [-0.25, -0.2) is 0 Å². The summed E-state index contributed by atoms with van der Waals surface area (Å²) in [6, 6.07) is 12.6. The number of carbonyl (C=O) groups excluding carboxylic acids is 2. The molecule has 0 spiro atoms. The van der Waals surface area contributed by atoms with E-state index in [2.05, 4.69) is 10.3 Å². The minimum Gasteiger partial charge on any atom is -0.390 e. The average Bonchev–Trinajstić information content (AvgIpc) is 2.90. The van der Waals surface area contributed by atoms with Crippen LogP contribution in [0.15, 0.2) is 48.7 Å². The molecule has 1 aliphatic carbocycles. The highest BCUT2D eigenvalue weighted by Gasteiger charge is 2.45. The van der Waals surface area contributed by atoms with Gasteiger partial charge in [-0.3, -0.25) is 14.6 Å². The fraction of sp³-hybridized carbons (Fsp3) is 0.458. The Labute approximate surface area is 183 Å². The Morgan fingerprint density at radius 2 is 1.90 bits per heavy atom. The molecule has 1 aliphatic rings. The maximum Gasteiger partial charge on any atom is 0.255 e. The van der Waals surface area contributed by atoms with Crippen molar-refractivity contribution in [3.63, 3.8) is 0 Å². The molecule has 3 rings (SSSR count). The van der Waals surface area contributed by atoms with Gasteiger partial charge in [0.1, 0.15) is 6.10 Å². The molecule has 0 aliphatic heterocycles. The van der Waals surface area contributed by atoms with Crippen molar-refractivity contribution in [1.29, 1.82) is 0 Å². The molecule has 2 amide bonds. The molecule has 1 fully saturated rings. The van der Waals surface area contributed by atoms with Gasteiger partial charge in [-0.15, -0.1) is 0 Å². The Morgan fingerprint density at radius 1 is 1.19 bits per heavy atom.